The second kappa shape index (κ2) is 12.4. The van der Waals surface area contributed by atoms with Gasteiger partial charge in [-0.1, -0.05) is 51.1 Å². The number of rotatable bonds is 10. The van der Waals surface area contributed by atoms with E-state index in [1.807, 2.05) is 66.7 Å². The molecule has 0 aliphatic carbocycles. The molecule has 39 heavy (non-hydrogen) atoms. The molecule has 2 amide bonds. The number of aryl methyl sites for hydroxylation is 1. The van der Waals surface area contributed by atoms with Crippen LogP contribution in [0.15, 0.2) is 90.8 Å². The zero-order chi connectivity index (χ0) is 27.8. The van der Waals surface area contributed by atoms with E-state index < -0.39 is 0 Å². The molecule has 2 heterocycles. The molecule has 0 fully saturated rings. The summed E-state index contributed by atoms with van der Waals surface area (Å²) in [6.45, 7) is 11.4. The van der Waals surface area contributed by atoms with Gasteiger partial charge < -0.3 is 21.1 Å². The molecule has 4 rings (SSSR count). The molecule has 0 spiro atoms. The monoisotopic (exact) mass is 526 g/mol. The molecule has 8 nitrogen and oxygen atoms in total. The first-order valence-corrected chi connectivity index (χ1v) is 13.2. The molecule has 0 atom stereocenters. The number of ether oxygens (including phenoxy) is 1. The third-order valence-corrected chi connectivity index (χ3v) is 6.32. The SMILES string of the molecule is C=CCCc1cc(NC(=O)Nc2cc(C(C)(C)C)nn2-c2ccccc2)ccc1OCCC1=CCNC(N)=C1. The number of hydrogen-bond donors (Lipinski definition) is 4. The lowest BCUT2D eigenvalue weighted by molar-refractivity contribution is 0.262. The minimum atomic E-state index is -0.349. The highest BCUT2D eigenvalue weighted by atomic mass is 16.5. The number of para-hydroxylation sites is 1. The van der Waals surface area contributed by atoms with Crippen molar-refractivity contribution < 1.29 is 9.53 Å². The Morgan fingerprint density at radius 3 is 2.67 bits per heavy atom. The smallest absolute Gasteiger partial charge is 0.324 e. The van der Waals surface area contributed by atoms with Crippen LogP contribution in [0.2, 0.25) is 0 Å². The van der Waals surface area contributed by atoms with Crippen LogP contribution in [0, 0.1) is 0 Å². The molecule has 0 radical (unpaired) electrons. The number of benzene rings is 2. The molecule has 8 heteroatoms. The summed E-state index contributed by atoms with van der Waals surface area (Å²) in [5.41, 5.74) is 10.3. The Balaban J connectivity index is 1.46. The maximum Gasteiger partial charge on any atom is 0.324 e. The van der Waals surface area contributed by atoms with Crippen LogP contribution in [0.25, 0.3) is 5.69 Å². The average Bonchev–Trinajstić information content (AvgIpc) is 3.33. The van der Waals surface area contributed by atoms with E-state index in [-0.39, 0.29) is 11.4 Å². The number of aromatic nitrogens is 2. The molecule has 204 valence electrons. The fourth-order valence-corrected chi connectivity index (χ4v) is 4.20. The van der Waals surface area contributed by atoms with E-state index in [2.05, 4.69) is 49.4 Å². The van der Waals surface area contributed by atoms with Gasteiger partial charge in [0.25, 0.3) is 0 Å². The summed E-state index contributed by atoms with van der Waals surface area (Å²) in [5.74, 6) is 2.07. The minimum absolute atomic E-state index is 0.171. The van der Waals surface area contributed by atoms with Gasteiger partial charge in [-0.2, -0.15) is 5.10 Å². The van der Waals surface area contributed by atoms with Gasteiger partial charge in [-0.25, -0.2) is 9.48 Å². The van der Waals surface area contributed by atoms with E-state index in [4.69, 9.17) is 15.6 Å². The Labute approximate surface area is 230 Å². The van der Waals surface area contributed by atoms with E-state index >= 15 is 0 Å². The van der Waals surface area contributed by atoms with Crippen molar-refractivity contribution in [1.29, 1.82) is 0 Å². The van der Waals surface area contributed by atoms with Gasteiger partial charge in [-0.05, 0) is 60.4 Å². The number of amides is 2. The number of dihydropyridines is 1. The van der Waals surface area contributed by atoms with Crippen molar-refractivity contribution in [3.8, 4) is 11.4 Å². The number of nitrogens with one attached hydrogen (secondary N) is 3. The standard InChI is InChI=1S/C31H38N6O2/c1-5-6-10-23-20-24(13-14-26(23)39-18-16-22-15-17-33-28(32)19-22)34-30(38)35-29-21-27(31(2,3)4)36-37(29)25-11-8-7-9-12-25/h5,7-9,11-15,19-21,33H,1,6,10,16-18,32H2,2-4H3,(H2,34,35,38). The third-order valence-electron chi connectivity index (χ3n) is 6.32. The molecule has 2 aromatic carbocycles. The van der Waals surface area contributed by atoms with Gasteiger partial charge in [0.15, 0.2) is 0 Å². The maximum absolute atomic E-state index is 13.1. The number of carbonyl (C=O) groups excluding carboxylic acids is 1. The summed E-state index contributed by atoms with van der Waals surface area (Å²) in [5, 5.41) is 13.8. The van der Waals surface area contributed by atoms with Crippen molar-refractivity contribution in [2.75, 3.05) is 23.8 Å². The Kier molecular flexibility index (Phi) is 8.76. The lowest BCUT2D eigenvalue weighted by Gasteiger charge is -2.16. The van der Waals surface area contributed by atoms with Crippen LogP contribution in [0.3, 0.4) is 0 Å². The number of allylic oxidation sites excluding steroid dienone is 2. The second-order valence-corrected chi connectivity index (χ2v) is 10.5. The predicted molar refractivity (Wildman–Crippen MR) is 158 cm³/mol. The first-order chi connectivity index (χ1) is 18.7. The fourth-order valence-electron chi connectivity index (χ4n) is 4.20. The predicted octanol–water partition coefficient (Wildman–Crippen LogP) is 6.03. The molecule has 1 aliphatic heterocycles. The Hall–Kier alpha value is -4.46. The van der Waals surface area contributed by atoms with Crippen molar-refractivity contribution in [3.05, 3.63) is 102 Å². The van der Waals surface area contributed by atoms with E-state index in [9.17, 15) is 4.79 Å². The van der Waals surface area contributed by atoms with Crippen LogP contribution in [-0.4, -0.2) is 29.0 Å². The lowest BCUT2D eigenvalue weighted by atomic mass is 9.92. The maximum atomic E-state index is 13.1. The number of anilines is 2. The summed E-state index contributed by atoms with van der Waals surface area (Å²) in [7, 11) is 0. The first kappa shape index (κ1) is 27.6. The van der Waals surface area contributed by atoms with Crippen LogP contribution in [-0.2, 0) is 11.8 Å². The molecule has 0 saturated carbocycles. The van der Waals surface area contributed by atoms with Crippen LogP contribution >= 0.6 is 0 Å². The first-order valence-electron chi connectivity index (χ1n) is 13.2. The Morgan fingerprint density at radius 2 is 1.95 bits per heavy atom. The van der Waals surface area contributed by atoms with Crippen molar-refractivity contribution in [2.45, 2.75) is 45.4 Å². The lowest BCUT2D eigenvalue weighted by Crippen LogP contribution is -2.23. The minimum Gasteiger partial charge on any atom is -0.493 e. The Morgan fingerprint density at radius 1 is 1.15 bits per heavy atom. The van der Waals surface area contributed by atoms with E-state index in [1.165, 1.54) is 0 Å². The normalized spacial score (nSPS) is 13.1. The molecule has 1 aliphatic rings. The van der Waals surface area contributed by atoms with Crippen LogP contribution in [0.1, 0.15) is 44.9 Å². The van der Waals surface area contributed by atoms with Gasteiger partial charge in [0.1, 0.15) is 11.6 Å². The van der Waals surface area contributed by atoms with Gasteiger partial charge in [0, 0.05) is 30.1 Å². The number of urea groups is 1. The van der Waals surface area contributed by atoms with Gasteiger partial charge in [0.2, 0.25) is 0 Å². The number of nitrogens with two attached hydrogens (primary N) is 1. The van der Waals surface area contributed by atoms with E-state index in [1.54, 1.807) is 4.68 Å². The van der Waals surface area contributed by atoms with Gasteiger partial charge in [-0.15, -0.1) is 6.58 Å². The van der Waals surface area contributed by atoms with Crippen LogP contribution in [0.4, 0.5) is 16.3 Å². The molecule has 1 aromatic heterocycles. The number of carbonyl (C=O) groups is 1. The fraction of sp³-hybridized carbons (Fsp3) is 0.290. The van der Waals surface area contributed by atoms with Crippen molar-refractivity contribution in [1.82, 2.24) is 15.1 Å². The van der Waals surface area contributed by atoms with Gasteiger partial charge >= 0.3 is 6.03 Å². The largest absolute Gasteiger partial charge is 0.493 e. The molecular formula is C31H38N6O2. The molecular weight excluding hydrogens is 488 g/mol. The van der Waals surface area contributed by atoms with Gasteiger partial charge in [0.05, 0.1) is 23.8 Å². The number of hydrogen-bond acceptors (Lipinski definition) is 5. The number of nitrogens with zero attached hydrogens (tertiary/aromatic N) is 2. The quantitative estimate of drug-likeness (QED) is 0.241. The highest BCUT2D eigenvalue weighted by molar-refractivity contribution is 5.99. The van der Waals surface area contributed by atoms with Crippen molar-refractivity contribution in [2.24, 2.45) is 5.73 Å². The van der Waals surface area contributed by atoms with E-state index in [0.29, 0.717) is 23.9 Å². The zero-order valence-electron chi connectivity index (χ0n) is 23.0. The van der Waals surface area contributed by atoms with Crippen LogP contribution < -0.4 is 26.4 Å². The molecule has 3 aromatic rings. The highest BCUT2D eigenvalue weighted by Gasteiger charge is 2.21. The topological polar surface area (TPSA) is 106 Å². The van der Waals surface area contributed by atoms with E-state index in [0.717, 1.165) is 54.1 Å². The summed E-state index contributed by atoms with van der Waals surface area (Å²) in [6, 6.07) is 17.0. The van der Waals surface area contributed by atoms with Gasteiger partial charge in [-0.3, -0.25) is 5.32 Å². The second-order valence-electron chi connectivity index (χ2n) is 10.5. The summed E-state index contributed by atoms with van der Waals surface area (Å²) in [4.78, 5) is 13.1. The van der Waals surface area contributed by atoms with Crippen LogP contribution in [0.5, 0.6) is 5.75 Å². The Bertz CT molecular complexity index is 1370. The summed E-state index contributed by atoms with van der Waals surface area (Å²) >= 11 is 0. The third kappa shape index (κ3) is 7.54. The summed E-state index contributed by atoms with van der Waals surface area (Å²) in [6.07, 6.45) is 8.24. The zero-order valence-corrected chi connectivity index (χ0v) is 23.0. The van der Waals surface area contributed by atoms with Crippen molar-refractivity contribution in [3.63, 3.8) is 0 Å². The van der Waals surface area contributed by atoms with Crippen molar-refractivity contribution >= 4 is 17.5 Å². The molecule has 0 bridgehead atoms. The molecule has 0 unspecified atom stereocenters. The summed E-state index contributed by atoms with van der Waals surface area (Å²) < 4.78 is 7.88. The highest BCUT2D eigenvalue weighted by Crippen LogP contribution is 2.28. The molecule has 5 N–H and O–H groups in total. The average molecular weight is 527 g/mol. The molecule has 0 saturated heterocycles.